The van der Waals surface area contributed by atoms with Gasteiger partial charge in [0.15, 0.2) is 11.5 Å². The van der Waals surface area contributed by atoms with Gasteiger partial charge in [0.25, 0.3) is 0 Å². The molecular formula is C26H34N4O5. The van der Waals surface area contributed by atoms with Crippen LogP contribution in [0, 0.1) is 0 Å². The lowest BCUT2D eigenvalue weighted by molar-refractivity contribution is -0.121. The van der Waals surface area contributed by atoms with Crippen LogP contribution in [0.5, 0.6) is 17.2 Å². The van der Waals surface area contributed by atoms with Crippen LogP contribution in [0.3, 0.4) is 0 Å². The Morgan fingerprint density at radius 2 is 1.80 bits per heavy atom. The van der Waals surface area contributed by atoms with Crippen molar-refractivity contribution in [2.75, 3.05) is 41.0 Å². The van der Waals surface area contributed by atoms with Gasteiger partial charge >= 0.3 is 0 Å². The lowest BCUT2D eigenvalue weighted by Gasteiger charge is -2.30. The Morgan fingerprint density at radius 3 is 2.49 bits per heavy atom. The first-order chi connectivity index (χ1) is 17.0. The predicted molar refractivity (Wildman–Crippen MR) is 133 cm³/mol. The summed E-state index contributed by atoms with van der Waals surface area (Å²) in [4.78, 5) is 19.4. The molecule has 0 aliphatic heterocycles. The molecule has 1 unspecified atom stereocenters. The van der Waals surface area contributed by atoms with Crippen molar-refractivity contribution in [3.63, 3.8) is 0 Å². The van der Waals surface area contributed by atoms with E-state index in [-0.39, 0.29) is 18.4 Å². The molecule has 0 spiro atoms. The third-order valence-electron chi connectivity index (χ3n) is 5.90. The molecule has 3 aromatic rings. The van der Waals surface area contributed by atoms with Crippen LogP contribution in [0.2, 0.25) is 0 Å². The van der Waals surface area contributed by atoms with Gasteiger partial charge in [-0.25, -0.2) is 0 Å². The maximum absolute atomic E-state index is 12.6. The lowest BCUT2D eigenvalue weighted by atomic mass is 10.0. The summed E-state index contributed by atoms with van der Waals surface area (Å²) in [5.74, 6) is 2.76. The minimum absolute atomic E-state index is 0.0455. The van der Waals surface area contributed by atoms with Crippen molar-refractivity contribution in [3.8, 4) is 28.6 Å². The highest BCUT2D eigenvalue weighted by Crippen LogP contribution is 2.31. The van der Waals surface area contributed by atoms with Crippen molar-refractivity contribution >= 4 is 5.91 Å². The Kier molecular flexibility index (Phi) is 9.48. The number of carbonyl (C=O) groups excluding carboxylic acids is 1. The normalized spacial score (nSPS) is 11.8. The van der Waals surface area contributed by atoms with Crippen molar-refractivity contribution in [2.45, 2.75) is 32.7 Å². The summed E-state index contributed by atoms with van der Waals surface area (Å²) in [5, 5.41) is 7.10. The van der Waals surface area contributed by atoms with Crippen LogP contribution in [0.25, 0.3) is 11.4 Å². The number of nitrogens with one attached hydrogen (secondary N) is 1. The number of methoxy groups -OCH3 is 3. The Labute approximate surface area is 206 Å². The summed E-state index contributed by atoms with van der Waals surface area (Å²) >= 11 is 0. The highest BCUT2D eigenvalue weighted by Gasteiger charge is 2.20. The van der Waals surface area contributed by atoms with Crippen molar-refractivity contribution in [2.24, 2.45) is 0 Å². The maximum Gasteiger partial charge on any atom is 0.227 e. The van der Waals surface area contributed by atoms with Crippen LogP contribution in [-0.2, 0) is 11.2 Å². The SMILES string of the molecule is CCN(CC)C(CNC(=O)CCc1nc(-c2ccc(OC)c(OC)c2)no1)c1cccc(OC)c1. The van der Waals surface area contributed by atoms with Gasteiger partial charge in [-0.2, -0.15) is 4.98 Å². The zero-order valence-corrected chi connectivity index (χ0v) is 21.0. The Bertz CT molecular complexity index is 1100. The molecule has 1 aromatic heterocycles. The van der Waals surface area contributed by atoms with Gasteiger partial charge in [0, 0.05) is 24.9 Å². The highest BCUT2D eigenvalue weighted by atomic mass is 16.5. The topological polar surface area (TPSA) is 99.0 Å². The minimum Gasteiger partial charge on any atom is -0.497 e. The number of hydrogen-bond acceptors (Lipinski definition) is 8. The summed E-state index contributed by atoms with van der Waals surface area (Å²) in [6.07, 6.45) is 0.595. The van der Waals surface area contributed by atoms with Crippen LogP contribution in [-0.4, -0.2) is 61.9 Å². The fraction of sp³-hybridized carbons (Fsp3) is 0.423. The first-order valence-electron chi connectivity index (χ1n) is 11.7. The zero-order valence-electron chi connectivity index (χ0n) is 21.0. The number of benzene rings is 2. The van der Waals surface area contributed by atoms with Gasteiger partial charge in [0.1, 0.15) is 5.75 Å². The Morgan fingerprint density at radius 1 is 1.03 bits per heavy atom. The fourth-order valence-electron chi connectivity index (χ4n) is 3.94. The summed E-state index contributed by atoms with van der Waals surface area (Å²) in [6, 6.07) is 13.4. The van der Waals surface area contributed by atoms with E-state index in [0.29, 0.717) is 36.2 Å². The van der Waals surface area contributed by atoms with Gasteiger partial charge < -0.3 is 24.1 Å². The molecule has 35 heavy (non-hydrogen) atoms. The summed E-state index contributed by atoms with van der Waals surface area (Å²) in [7, 11) is 4.80. The van der Waals surface area contributed by atoms with E-state index in [1.807, 2.05) is 24.3 Å². The standard InChI is InChI=1S/C26H34N4O5/c1-6-30(7-2)21(18-9-8-10-20(15-18)32-3)17-27-24(31)13-14-25-28-26(29-35-25)19-11-12-22(33-4)23(16-19)34-5/h8-12,15-16,21H,6-7,13-14,17H2,1-5H3,(H,27,31). The van der Waals surface area contributed by atoms with E-state index >= 15 is 0 Å². The molecular weight excluding hydrogens is 448 g/mol. The summed E-state index contributed by atoms with van der Waals surface area (Å²) < 4.78 is 21.3. The molecule has 1 atom stereocenters. The summed E-state index contributed by atoms with van der Waals surface area (Å²) in [5.41, 5.74) is 1.84. The average molecular weight is 483 g/mol. The molecule has 9 nitrogen and oxygen atoms in total. The smallest absolute Gasteiger partial charge is 0.227 e. The van der Waals surface area contributed by atoms with Crippen LogP contribution in [0.15, 0.2) is 47.0 Å². The molecule has 0 bridgehead atoms. The van der Waals surface area contributed by atoms with E-state index in [2.05, 4.69) is 40.3 Å². The van der Waals surface area contributed by atoms with E-state index in [1.54, 1.807) is 33.5 Å². The average Bonchev–Trinajstić information content (AvgIpc) is 3.38. The number of carbonyl (C=O) groups is 1. The van der Waals surface area contributed by atoms with E-state index in [0.717, 1.165) is 30.0 Å². The third-order valence-corrected chi connectivity index (χ3v) is 5.90. The maximum atomic E-state index is 12.6. The third kappa shape index (κ3) is 6.73. The predicted octanol–water partition coefficient (Wildman–Crippen LogP) is 3.89. The van der Waals surface area contributed by atoms with Gasteiger partial charge in [-0.05, 0) is 49.0 Å². The first-order valence-corrected chi connectivity index (χ1v) is 11.7. The molecule has 0 radical (unpaired) electrons. The van der Waals surface area contributed by atoms with Crippen molar-refractivity contribution < 1.29 is 23.5 Å². The molecule has 9 heteroatoms. The molecule has 0 aliphatic rings. The molecule has 2 aromatic carbocycles. The molecule has 0 saturated heterocycles. The number of aryl methyl sites for hydroxylation is 1. The van der Waals surface area contributed by atoms with Crippen molar-refractivity contribution in [1.29, 1.82) is 0 Å². The Balaban J connectivity index is 1.60. The van der Waals surface area contributed by atoms with Gasteiger partial charge in [-0.1, -0.05) is 31.1 Å². The zero-order chi connectivity index (χ0) is 25.2. The van der Waals surface area contributed by atoms with Gasteiger partial charge in [0.2, 0.25) is 17.6 Å². The van der Waals surface area contributed by atoms with Gasteiger partial charge in [-0.3, -0.25) is 9.69 Å². The summed E-state index contributed by atoms with van der Waals surface area (Å²) in [6.45, 7) is 6.47. The Hall–Kier alpha value is -3.59. The monoisotopic (exact) mass is 482 g/mol. The van der Waals surface area contributed by atoms with E-state index in [4.69, 9.17) is 18.7 Å². The largest absolute Gasteiger partial charge is 0.497 e. The van der Waals surface area contributed by atoms with Gasteiger partial charge in [-0.15, -0.1) is 0 Å². The second-order valence-electron chi connectivity index (χ2n) is 7.90. The second-order valence-corrected chi connectivity index (χ2v) is 7.90. The quantitative estimate of drug-likeness (QED) is 0.392. The van der Waals surface area contributed by atoms with Crippen LogP contribution in [0.4, 0.5) is 0 Å². The molecule has 3 rings (SSSR count). The number of nitrogens with zero attached hydrogens (tertiary/aromatic N) is 3. The van der Waals surface area contributed by atoms with Crippen LogP contribution >= 0.6 is 0 Å². The number of hydrogen-bond donors (Lipinski definition) is 1. The number of rotatable bonds is 13. The van der Waals surface area contributed by atoms with E-state index in [1.165, 1.54) is 0 Å². The van der Waals surface area contributed by atoms with Crippen molar-refractivity contribution in [3.05, 3.63) is 53.9 Å². The molecule has 1 heterocycles. The van der Waals surface area contributed by atoms with Gasteiger partial charge in [0.05, 0.1) is 27.4 Å². The number of aromatic nitrogens is 2. The fourth-order valence-corrected chi connectivity index (χ4v) is 3.94. The number of ether oxygens (including phenoxy) is 3. The molecule has 0 fully saturated rings. The molecule has 0 saturated carbocycles. The minimum atomic E-state index is -0.0732. The first kappa shape index (κ1) is 26.0. The molecule has 0 aliphatic carbocycles. The highest BCUT2D eigenvalue weighted by molar-refractivity contribution is 5.76. The molecule has 1 amide bonds. The van der Waals surface area contributed by atoms with Crippen LogP contribution in [0.1, 0.15) is 37.8 Å². The number of likely N-dealkylation sites (N-methyl/N-ethyl adjacent to an activating group) is 1. The molecule has 188 valence electrons. The molecule has 1 N–H and O–H groups in total. The number of amides is 1. The second kappa shape index (κ2) is 12.8. The van der Waals surface area contributed by atoms with E-state index < -0.39 is 0 Å². The van der Waals surface area contributed by atoms with E-state index in [9.17, 15) is 4.79 Å². The lowest BCUT2D eigenvalue weighted by Crippen LogP contribution is -2.38. The van der Waals surface area contributed by atoms with Crippen LogP contribution < -0.4 is 19.5 Å². The van der Waals surface area contributed by atoms with Crippen molar-refractivity contribution in [1.82, 2.24) is 20.4 Å².